The van der Waals surface area contributed by atoms with Gasteiger partial charge in [0, 0.05) is 19.3 Å². The quantitative estimate of drug-likeness (QED) is 0.469. The molecule has 0 spiro atoms. The molecular formula is C14H25O4. The van der Waals surface area contributed by atoms with Gasteiger partial charge in [0.15, 0.2) is 0 Å². The number of hydrogen-bond donors (Lipinski definition) is 0. The molecule has 18 heavy (non-hydrogen) atoms. The van der Waals surface area contributed by atoms with Crippen LogP contribution >= 0.6 is 0 Å². The monoisotopic (exact) mass is 257 g/mol. The van der Waals surface area contributed by atoms with Crippen LogP contribution in [0.15, 0.2) is 0 Å². The van der Waals surface area contributed by atoms with Crippen molar-refractivity contribution in [1.82, 2.24) is 0 Å². The Morgan fingerprint density at radius 2 is 1.78 bits per heavy atom. The molecule has 0 aromatic heterocycles. The Kier molecular flexibility index (Phi) is 8.42. The van der Waals surface area contributed by atoms with Crippen LogP contribution < -0.4 is 0 Å². The van der Waals surface area contributed by atoms with Crippen molar-refractivity contribution in [3.05, 3.63) is 6.61 Å². The molecule has 0 rings (SSSR count). The molecule has 0 saturated carbocycles. The van der Waals surface area contributed by atoms with E-state index in [0.717, 1.165) is 19.3 Å². The third-order valence-corrected chi connectivity index (χ3v) is 2.45. The molecule has 0 fully saturated rings. The molecule has 0 amide bonds. The standard InChI is InChI=1S/C14H25O4/c1-5-7-8-9-13(16)17-11-10-14(3,4)18-12(15)6-2/h11H,5-10H2,1-4H3. The van der Waals surface area contributed by atoms with Gasteiger partial charge in [0.2, 0.25) is 0 Å². The summed E-state index contributed by atoms with van der Waals surface area (Å²) in [6.07, 6.45) is 4.17. The highest BCUT2D eigenvalue weighted by Gasteiger charge is 2.22. The minimum atomic E-state index is -0.628. The second-order valence-electron chi connectivity index (χ2n) is 4.91. The van der Waals surface area contributed by atoms with Crippen molar-refractivity contribution < 1.29 is 19.1 Å². The molecule has 0 aromatic rings. The largest absolute Gasteiger partial charge is 0.460 e. The van der Waals surface area contributed by atoms with Gasteiger partial charge in [-0.25, -0.2) is 0 Å². The van der Waals surface area contributed by atoms with E-state index in [9.17, 15) is 9.59 Å². The van der Waals surface area contributed by atoms with Gasteiger partial charge < -0.3 is 9.47 Å². The van der Waals surface area contributed by atoms with Crippen LogP contribution in [0.3, 0.4) is 0 Å². The fourth-order valence-electron chi connectivity index (χ4n) is 1.34. The van der Waals surface area contributed by atoms with Crippen molar-refractivity contribution in [2.75, 3.05) is 0 Å². The molecule has 0 aromatic carbocycles. The van der Waals surface area contributed by atoms with E-state index < -0.39 is 5.60 Å². The first-order valence-corrected chi connectivity index (χ1v) is 6.64. The van der Waals surface area contributed by atoms with Crippen molar-refractivity contribution in [1.29, 1.82) is 0 Å². The molecule has 1 radical (unpaired) electrons. The van der Waals surface area contributed by atoms with Crippen LogP contribution in [0.25, 0.3) is 0 Å². The molecule has 0 aliphatic rings. The predicted octanol–water partition coefficient (Wildman–Crippen LogP) is 3.39. The van der Waals surface area contributed by atoms with Gasteiger partial charge >= 0.3 is 11.9 Å². The van der Waals surface area contributed by atoms with Crippen molar-refractivity contribution in [3.8, 4) is 0 Å². The first-order chi connectivity index (χ1) is 8.41. The highest BCUT2D eigenvalue weighted by atomic mass is 16.6. The summed E-state index contributed by atoms with van der Waals surface area (Å²) < 4.78 is 10.2. The molecule has 0 saturated heterocycles. The minimum absolute atomic E-state index is 0.221. The second-order valence-corrected chi connectivity index (χ2v) is 4.91. The summed E-state index contributed by atoms with van der Waals surface area (Å²) in [6.45, 7) is 8.85. The number of carbonyl (C=O) groups is 2. The molecule has 0 unspecified atom stereocenters. The molecule has 0 bridgehead atoms. The Labute approximate surface area is 110 Å². The van der Waals surface area contributed by atoms with E-state index in [-0.39, 0.29) is 11.9 Å². The van der Waals surface area contributed by atoms with Crippen molar-refractivity contribution in [3.63, 3.8) is 0 Å². The predicted molar refractivity (Wildman–Crippen MR) is 69.6 cm³/mol. The third-order valence-electron chi connectivity index (χ3n) is 2.45. The van der Waals surface area contributed by atoms with E-state index in [1.165, 1.54) is 6.61 Å². The van der Waals surface area contributed by atoms with E-state index in [0.29, 0.717) is 19.3 Å². The molecule has 0 atom stereocenters. The topological polar surface area (TPSA) is 52.6 Å². The maximum atomic E-state index is 11.3. The highest BCUT2D eigenvalue weighted by molar-refractivity contribution is 5.70. The average molecular weight is 257 g/mol. The lowest BCUT2D eigenvalue weighted by Crippen LogP contribution is -2.28. The van der Waals surface area contributed by atoms with Gasteiger partial charge in [0.25, 0.3) is 0 Å². The number of unbranched alkanes of at least 4 members (excludes halogenated alkanes) is 2. The molecule has 4 heteroatoms. The van der Waals surface area contributed by atoms with E-state index >= 15 is 0 Å². The van der Waals surface area contributed by atoms with Gasteiger partial charge in [0.05, 0.1) is 0 Å². The fraction of sp³-hybridized carbons (Fsp3) is 0.786. The van der Waals surface area contributed by atoms with E-state index in [1.807, 2.05) is 0 Å². The summed E-state index contributed by atoms with van der Waals surface area (Å²) >= 11 is 0. The van der Waals surface area contributed by atoms with Crippen molar-refractivity contribution >= 4 is 11.9 Å². The lowest BCUT2D eigenvalue weighted by Gasteiger charge is -2.24. The first-order valence-electron chi connectivity index (χ1n) is 6.64. The molecular weight excluding hydrogens is 232 g/mol. The van der Waals surface area contributed by atoms with Gasteiger partial charge in [-0.3, -0.25) is 9.59 Å². The molecule has 0 aliphatic heterocycles. The van der Waals surface area contributed by atoms with Crippen LogP contribution in [0.4, 0.5) is 0 Å². The van der Waals surface area contributed by atoms with Crippen LogP contribution in [-0.2, 0) is 19.1 Å². The zero-order chi connectivity index (χ0) is 14.0. The minimum Gasteiger partial charge on any atom is -0.460 e. The van der Waals surface area contributed by atoms with Crippen molar-refractivity contribution in [2.45, 2.75) is 71.8 Å². The van der Waals surface area contributed by atoms with Crippen LogP contribution in [0.1, 0.15) is 66.2 Å². The highest BCUT2D eigenvalue weighted by Crippen LogP contribution is 2.17. The maximum Gasteiger partial charge on any atom is 0.306 e. The number of ether oxygens (including phenoxy) is 2. The Morgan fingerprint density at radius 3 is 2.33 bits per heavy atom. The second kappa shape index (κ2) is 8.95. The molecule has 0 N–H and O–H groups in total. The third kappa shape index (κ3) is 9.02. The summed E-state index contributed by atoms with van der Waals surface area (Å²) in [4.78, 5) is 22.5. The van der Waals surface area contributed by atoms with E-state index in [4.69, 9.17) is 9.47 Å². The van der Waals surface area contributed by atoms with Gasteiger partial charge in [-0.1, -0.05) is 26.7 Å². The van der Waals surface area contributed by atoms with Crippen LogP contribution in [-0.4, -0.2) is 17.5 Å². The van der Waals surface area contributed by atoms with Gasteiger partial charge in [-0.15, -0.1) is 0 Å². The number of esters is 2. The van der Waals surface area contributed by atoms with Crippen LogP contribution in [0.2, 0.25) is 0 Å². The van der Waals surface area contributed by atoms with E-state index in [1.54, 1.807) is 20.8 Å². The number of hydrogen-bond acceptors (Lipinski definition) is 4. The Balaban J connectivity index is 3.74. The van der Waals surface area contributed by atoms with Gasteiger partial charge in [-0.2, -0.15) is 0 Å². The Hall–Kier alpha value is -1.06. The Morgan fingerprint density at radius 1 is 1.11 bits per heavy atom. The average Bonchev–Trinajstić information content (AvgIpc) is 2.28. The summed E-state index contributed by atoms with van der Waals surface area (Å²) in [6, 6.07) is 0. The lowest BCUT2D eigenvalue weighted by atomic mass is 10.1. The summed E-state index contributed by atoms with van der Waals surface area (Å²) in [7, 11) is 0. The van der Waals surface area contributed by atoms with E-state index in [2.05, 4.69) is 6.92 Å². The molecule has 0 aliphatic carbocycles. The normalized spacial score (nSPS) is 11.1. The van der Waals surface area contributed by atoms with Gasteiger partial charge in [-0.05, 0) is 20.3 Å². The summed E-state index contributed by atoms with van der Waals surface area (Å²) in [5.41, 5.74) is -0.628. The first kappa shape index (κ1) is 16.9. The summed E-state index contributed by atoms with van der Waals surface area (Å²) in [5, 5.41) is 0. The lowest BCUT2D eigenvalue weighted by molar-refractivity contribution is -0.157. The smallest absolute Gasteiger partial charge is 0.306 e. The van der Waals surface area contributed by atoms with Gasteiger partial charge in [0.1, 0.15) is 12.2 Å². The van der Waals surface area contributed by atoms with Crippen molar-refractivity contribution in [2.24, 2.45) is 0 Å². The zero-order valence-electron chi connectivity index (χ0n) is 12.0. The molecule has 0 heterocycles. The van der Waals surface area contributed by atoms with Crippen LogP contribution in [0.5, 0.6) is 0 Å². The summed E-state index contributed by atoms with van der Waals surface area (Å²) in [5.74, 6) is -0.469. The van der Waals surface area contributed by atoms with Crippen LogP contribution in [0, 0.1) is 6.61 Å². The number of carbonyl (C=O) groups excluding carboxylic acids is 2. The SMILES string of the molecule is CCCCCC(=O)O[CH]CC(C)(C)OC(=O)CC. The molecule has 4 nitrogen and oxygen atoms in total. The maximum absolute atomic E-state index is 11.3. The molecule has 105 valence electrons. The zero-order valence-corrected chi connectivity index (χ0v) is 12.0. The number of rotatable bonds is 9. The Bertz CT molecular complexity index is 259. The fourth-order valence-corrected chi connectivity index (χ4v) is 1.34.